The summed E-state index contributed by atoms with van der Waals surface area (Å²) >= 11 is 5.86. The first-order chi connectivity index (χ1) is 15.4. The highest BCUT2D eigenvalue weighted by atomic mass is 35.5. The maximum absolute atomic E-state index is 12.9. The van der Waals surface area contributed by atoms with E-state index in [2.05, 4.69) is 10.6 Å². The summed E-state index contributed by atoms with van der Waals surface area (Å²) in [5, 5.41) is 16.1. The fourth-order valence-corrected chi connectivity index (χ4v) is 3.88. The van der Waals surface area contributed by atoms with Crippen LogP contribution >= 0.6 is 11.6 Å². The van der Waals surface area contributed by atoms with Gasteiger partial charge in [-0.3, -0.25) is 9.59 Å². The molecule has 2 aromatic rings. The molecule has 32 heavy (non-hydrogen) atoms. The van der Waals surface area contributed by atoms with Crippen molar-refractivity contribution in [2.24, 2.45) is 0 Å². The molecule has 0 bridgehead atoms. The molecule has 0 aliphatic carbocycles. The number of ether oxygens (including phenoxy) is 1. The molecule has 168 valence electrons. The number of aliphatic hydroxyl groups is 1. The van der Waals surface area contributed by atoms with Crippen molar-refractivity contribution in [3.63, 3.8) is 0 Å². The minimum Gasteiger partial charge on any atom is -0.391 e. The molecule has 0 saturated carbocycles. The van der Waals surface area contributed by atoms with Crippen molar-refractivity contribution in [3.05, 3.63) is 53.6 Å². The number of hydrogen-bond acceptors (Lipinski definition) is 5. The van der Waals surface area contributed by atoms with Gasteiger partial charge in [0.05, 0.1) is 12.7 Å². The van der Waals surface area contributed by atoms with Crippen LogP contribution in [0.25, 0.3) is 0 Å². The van der Waals surface area contributed by atoms with Crippen LogP contribution < -0.4 is 15.5 Å². The van der Waals surface area contributed by atoms with Gasteiger partial charge in [-0.25, -0.2) is 4.79 Å². The van der Waals surface area contributed by atoms with E-state index in [-0.39, 0.29) is 25.5 Å². The second kappa shape index (κ2) is 9.56. The Labute approximate surface area is 189 Å². The molecule has 2 fully saturated rings. The first-order valence-electron chi connectivity index (χ1n) is 10.2. The van der Waals surface area contributed by atoms with E-state index in [9.17, 15) is 19.5 Å². The third-order valence-corrected chi connectivity index (χ3v) is 5.62. The number of likely N-dealkylation sites (tertiary alicyclic amines) is 1. The summed E-state index contributed by atoms with van der Waals surface area (Å²) < 4.78 is 5.14. The second-order valence-corrected chi connectivity index (χ2v) is 8.07. The number of rotatable bonds is 4. The fraction of sp³-hybridized carbons (Fsp3) is 0.318. The van der Waals surface area contributed by atoms with Crippen molar-refractivity contribution >= 4 is 46.5 Å². The molecule has 2 aliphatic heterocycles. The van der Waals surface area contributed by atoms with Crippen LogP contribution in [0.2, 0.25) is 5.02 Å². The number of amides is 4. The van der Waals surface area contributed by atoms with Crippen LogP contribution in [-0.4, -0.2) is 66.3 Å². The highest BCUT2D eigenvalue weighted by molar-refractivity contribution is 6.30. The number of carbonyl (C=O) groups excluding carboxylic acids is 3. The molecule has 4 rings (SSSR count). The van der Waals surface area contributed by atoms with Crippen molar-refractivity contribution < 1.29 is 24.2 Å². The molecule has 3 N–H and O–H groups in total. The number of hydrogen-bond donors (Lipinski definition) is 3. The lowest BCUT2D eigenvalue weighted by molar-refractivity contribution is -0.125. The number of halogens is 1. The lowest BCUT2D eigenvalue weighted by Gasteiger charge is -2.27. The average Bonchev–Trinajstić information content (AvgIpc) is 3.18. The summed E-state index contributed by atoms with van der Waals surface area (Å²) in [5.41, 5.74) is 1.78. The van der Waals surface area contributed by atoms with Crippen LogP contribution in [0.3, 0.4) is 0 Å². The number of β-amino-alcohol motifs (C(OH)–C–C–N with tert-alkyl or cyclic N) is 1. The van der Waals surface area contributed by atoms with E-state index in [0.29, 0.717) is 29.5 Å². The molecule has 4 amide bonds. The fourth-order valence-electron chi connectivity index (χ4n) is 3.76. The normalized spacial score (nSPS) is 20.9. The third kappa shape index (κ3) is 5.01. The summed E-state index contributed by atoms with van der Waals surface area (Å²) in [6.45, 7) is 1.05. The standard InChI is InChI=1S/C22H23ClN4O5/c23-14-1-3-16(4-2-14)25-22(31)27-12-18(28)11-19(27)21(30)24-15-5-7-17(8-6-15)26-9-10-32-13-20(26)29/h1-8,18-19,28H,9-13H2,(H,24,30)(H,25,31)/t18-,19+/m1/s1. The monoisotopic (exact) mass is 458 g/mol. The van der Waals surface area contributed by atoms with Crippen molar-refractivity contribution in [1.82, 2.24) is 4.90 Å². The van der Waals surface area contributed by atoms with Crippen LogP contribution in [0, 0.1) is 0 Å². The van der Waals surface area contributed by atoms with E-state index in [1.165, 1.54) is 4.90 Å². The topological polar surface area (TPSA) is 111 Å². The van der Waals surface area contributed by atoms with Crippen LogP contribution in [0.1, 0.15) is 6.42 Å². The van der Waals surface area contributed by atoms with Crippen LogP contribution in [0.15, 0.2) is 48.5 Å². The van der Waals surface area contributed by atoms with E-state index in [1.54, 1.807) is 53.4 Å². The Bertz CT molecular complexity index is 998. The van der Waals surface area contributed by atoms with Gasteiger partial charge in [0, 0.05) is 41.6 Å². The molecule has 9 nitrogen and oxygen atoms in total. The Morgan fingerprint density at radius 2 is 1.69 bits per heavy atom. The number of nitrogens with zero attached hydrogens (tertiary/aromatic N) is 2. The minimum atomic E-state index is -0.821. The van der Waals surface area contributed by atoms with Gasteiger partial charge in [0.25, 0.3) is 5.91 Å². The molecular weight excluding hydrogens is 436 g/mol. The summed E-state index contributed by atoms with van der Waals surface area (Å²) in [6.07, 6.45) is -0.656. The molecule has 0 spiro atoms. The minimum absolute atomic E-state index is 0.0512. The quantitative estimate of drug-likeness (QED) is 0.651. The number of morpholine rings is 1. The van der Waals surface area contributed by atoms with E-state index in [1.807, 2.05) is 0 Å². The molecule has 2 heterocycles. The van der Waals surface area contributed by atoms with Gasteiger partial charge in [-0.1, -0.05) is 11.6 Å². The predicted molar refractivity (Wildman–Crippen MR) is 120 cm³/mol. The number of benzene rings is 2. The first kappa shape index (κ1) is 22.1. The molecule has 2 atom stereocenters. The van der Waals surface area contributed by atoms with Crippen LogP contribution in [0.5, 0.6) is 0 Å². The Balaban J connectivity index is 1.40. The Kier molecular flexibility index (Phi) is 6.59. The highest BCUT2D eigenvalue weighted by Crippen LogP contribution is 2.24. The van der Waals surface area contributed by atoms with Gasteiger partial charge < -0.3 is 30.3 Å². The van der Waals surface area contributed by atoms with Gasteiger partial charge in [0.2, 0.25) is 5.91 Å². The first-order valence-corrected chi connectivity index (χ1v) is 10.6. The largest absolute Gasteiger partial charge is 0.391 e. The highest BCUT2D eigenvalue weighted by Gasteiger charge is 2.39. The molecule has 0 radical (unpaired) electrons. The van der Waals surface area contributed by atoms with E-state index in [4.69, 9.17) is 16.3 Å². The molecule has 0 unspecified atom stereocenters. The van der Waals surface area contributed by atoms with Crippen molar-refractivity contribution in [2.75, 3.05) is 41.8 Å². The lowest BCUT2D eigenvalue weighted by atomic mass is 10.1. The zero-order valence-electron chi connectivity index (χ0n) is 17.2. The van der Waals surface area contributed by atoms with Crippen molar-refractivity contribution in [2.45, 2.75) is 18.6 Å². The maximum Gasteiger partial charge on any atom is 0.322 e. The molecule has 2 saturated heterocycles. The van der Waals surface area contributed by atoms with Gasteiger partial charge in [0.1, 0.15) is 12.6 Å². The van der Waals surface area contributed by atoms with Crippen molar-refractivity contribution in [1.29, 1.82) is 0 Å². The number of urea groups is 1. The summed E-state index contributed by atoms with van der Waals surface area (Å²) in [5.74, 6) is -0.515. The zero-order valence-corrected chi connectivity index (χ0v) is 17.9. The van der Waals surface area contributed by atoms with E-state index in [0.717, 1.165) is 5.69 Å². The number of anilines is 3. The third-order valence-electron chi connectivity index (χ3n) is 5.37. The summed E-state index contributed by atoms with van der Waals surface area (Å²) in [7, 11) is 0. The number of nitrogens with one attached hydrogen (secondary N) is 2. The van der Waals surface area contributed by atoms with Gasteiger partial charge in [0.15, 0.2) is 0 Å². The SMILES string of the molecule is O=C(Nc1ccc(N2CCOCC2=O)cc1)[C@@H]1C[C@@H](O)CN1C(=O)Nc1ccc(Cl)cc1. The molecule has 10 heteroatoms. The van der Waals surface area contributed by atoms with Gasteiger partial charge in [-0.2, -0.15) is 0 Å². The predicted octanol–water partition coefficient (Wildman–Crippen LogP) is 2.31. The number of carbonyl (C=O) groups is 3. The van der Waals surface area contributed by atoms with Crippen LogP contribution in [-0.2, 0) is 14.3 Å². The summed E-state index contributed by atoms with van der Waals surface area (Å²) in [6, 6.07) is 12.2. The molecule has 2 aliphatic rings. The van der Waals surface area contributed by atoms with Crippen LogP contribution in [0.4, 0.5) is 21.9 Å². The van der Waals surface area contributed by atoms with Gasteiger partial charge >= 0.3 is 6.03 Å². The Morgan fingerprint density at radius 3 is 2.38 bits per heavy atom. The molecule has 0 aromatic heterocycles. The van der Waals surface area contributed by atoms with Gasteiger partial charge in [-0.05, 0) is 48.5 Å². The maximum atomic E-state index is 12.9. The zero-order chi connectivity index (χ0) is 22.7. The summed E-state index contributed by atoms with van der Waals surface area (Å²) in [4.78, 5) is 40.5. The number of aliphatic hydroxyl groups excluding tert-OH is 1. The van der Waals surface area contributed by atoms with Crippen molar-refractivity contribution in [3.8, 4) is 0 Å². The van der Waals surface area contributed by atoms with E-state index >= 15 is 0 Å². The van der Waals surface area contributed by atoms with E-state index < -0.39 is 24.1 Å². The Hall–Kier alpha value is -3.14. The Morgan fingerprint density at radius 1 is 1.03 bits per heavy atom. The average molecular weight is 459 g/mol. The lowest BCUT2D eigenvalue weighted by Crippen LogP contribution is -2.45. The molecular formula is C22H23ClN4O5. The second-order valence-electron chi connectivity index (χ2n) is 7.63. The van der Waals surface area contributed by atoms with Gasteiger partial charge in [-0.15, -0.1) is 0 Å². The smallest absolute Gasteiger partial charge is 0.322 e. The molecule has 2 aromatic carbocycles.